The van der Waals surface area contributed by atoms with Gasteiger partial charge >= 0.3 is 0 Å². The van der Waals surface area contributed by atoms with Crippen molar-refractivity contribution in [3.05, 3.63) is 29.8 Å². The van der Waals surface area contributed by atoms with E-state index in [0.29, 0.717) is 4.90 Å². The maximum absolute atomic E-state index is 11.0. The van der Waals surface area contributed by atoms with Crippen LogP contribution in [-0.2, 0) is 23.8 Å². The second-order valence-electron chi connectivity index (χ2n) is 2.14. The standard InChI is InChI=1S/C7H7NOS2/c1-6-2-4-7(5-3-6)11(9)8-10/h2-5H,1H3. The summed E-state index contributed by atoms with van der Waals surface area (Å²) in [4.78, 5) is 0.658. The molecule has 0 N–H and O–H groups in total. The molecule has 58 valence electrons. The van der Waals surface area contributed by atoms with Crippen molar-refractivity contribution in [3.63, 3.8) is 0 Å². The maximum Gasteiger partial charge on any atom is 0.183 e. The molecule has 2 nitrogen and oxygen atoms in total. The average molecular weight is 185 g/mol. The first-order chi connectivity index (χ1) is 5.24. The first-order valence-electron chi connectivity index (χ1n) is 3.06. The zero-order chi connectivity index (χ0) is 8.27. The number of hydrogen-bond acceptors (Lipinski definition) is 3. The molecule has 0 aliphatic heterocycles. The minimum Gasteiger partial charge on any atom is -0.585 e. The molecule has 0 heterocycles. The summed E-state index contributed by atoms with van der Waals surface area (Å²) >= 11 is 2.96. The Morgan fingerprint density at radius 1 is 1.36 bits per heavy atom. The van der Waals surface area contributed by atoms with E-state index in [1.807, 2.05) is 19.1 Å². The zero-order valence-electron chi connectivity index (χ0n) is 5.98. The smallest absolute Gasteiger partial charge is 0.183 e. The Labute approximate surface area is 74.1 Å². The third-order valence-corrected chi connectivity index (χ3v) is 2.51. The summed E-state index contributed by atoms with van der Waals surface area (Å²) in [6, 6.07) is 7.30. The van der Waals surface area contributed by atoms with Crippen LogP contribution >= 0.6 is 0 Å². The van der Waals surface area contributed by atoms with Crippen molar-refractivity contribution in [2.24, 2.45) is 3.77 Å². The number of benzene rings is 1. The fourth-order valence-corrected chi connectivity index (χ4v) is 1.41. The summed E-state index contributed by atoms with van der Waals surface area (Å²) in [5.41, 5.74) is 1.13. The van der Waals surface area contributed by atoms with Gasteiger partial charge in [-0.05, 0) is 19.1 Å². The molecule has 4 heteroatoms. The second-order valence-corrected chi connectivity index (χ2v) is 3.70. The van der Waals surface area contributed by atoms with Crippen LogP contribution in [0.25, 0.3) is 0 Å². The van der Waals surface area contributed by atoms with Gasteiger partial charge in [-0.15, -0.1) is 0 Å². The molecule has 0 aromatic heterocycles. The topological polar surface area (TPSA) is 35.4 Å². The van der Waals surface area contributed by atoms with Crippen LogP contribution in [0.2, 0.25) is 0 Å². The molecule has 0 bridgehead atoms. The molecule has 0 aliphatic carbocycles. The molecule has 1 aromatic rings. The lowest BCUT2D eigenvalue weighted by Gasteiger charge is -1.99. The summed E-state index contributed by atoms with van der Waals surface area (Å²) in [5, 5.41) is 0. The van der Waals surface area contributed by atoms with Gasteiger partial charge < -0.3 is 4.55 Å². The minimum absolute atomic E-state index is 0.658. The Morgan fingerprint density at radius 2 is 1.91 bits per heavy atom. The van der Waals surface area contributed by atoms with Crippen LogP contribution in [0.15, 0.2) is 32.9 Å². The van der Waals surface area contributed by atoms with Gasteiger partial charge in [0.05, 0.1) is 12.4 Å². The predicted octanol–water partition coefficient (Wildman–Crippen LogP) is 1.75. The number of aryl methyl sites for hydroxylation is 1. The van der Waals surface area contributed by atoms with Gasteiger partial charge in [0.1, 0.15) is 11.4 Å². The van der Waals surface area contributed by atoms with Crippen LogP contribution in [0.5, 0.6) is 0 Å². The lowest BCUT2D eigenvalue weighted by Crippen LogP contribution is -1.94. The van der Waals surface area contributed by atoms with Crippen LogP contribution in [-0.4, -0.2) is 4.55 Å². The highest BCUT2D eigenvalue weighted by molar-refractivity contribution is 7.93. The highest BCUT2D eigenvalue weighted by Gasteiger charge is 2.07. The maximum atomic E-state index is 11.0. The molecule has 0 aliphatic rings. The quantitative estimate of drug-likeness (QED) is 0.658. The lowest BCUT2D eigenvalue weighted by molar-refractivity contribution is 0.597. The summed E-state index contributed by atoms with van der Waals surface area (Å²) in [5.74, 6) is 0. The molecule has 1 atom stereocenters. The van der Waals surface area contributed by atoms with Gasteiger partial charge in [0.15, 0.2) is 4.90 Å². The molecule has 1 rings (SSSR count). The molecular formula is C7H7NOS2. The highest BCUT2D eigenvalue weighted by atomic mass is 32.2. The van der Waals surface area contributed by atoms with E-state index in [1.165, 1.54) is 0 Å². The van der Waals surface area contributed by atoms with Crippen molar-refractivity contribution >= 4 is 23.8 Å². The van der Waals surface area contributed by atoms with E-state index >= 15 is 0 Å². The van der Waals surface area contributed by atoms with Crippen LogP contribution in [0.3, 0.4) is 0 Å². The fraction of sp³-hybridized carbons (Fsp3) is 0.143. The van der Waals surface area contributed by atoms with Gasteiger partial charge in [-0.3, -0.25) is 0 Å². The van der Waals surface area contributed by atoms with Crippen LogP contribution in [0.4, 0.5) is 0 Å². The van der Waals surface area contributed by atoms with Gasteiger partial charge in [-0.1, -0.05) is 17.7 Å². The first-order valence-corrected chi connectivity index (χ1v) is 4.53. The number of hydrogen-bond donors (Lipinski definition) is 0. The molecule has 0 fully saturated rings. The molecule has 1 unspecified atom stereocenters. The van der Waals surface area contributed by atoms with E-state index in [1.54, 1.807) is 12.1 Å². The average Bonchev–Trinajstić information content (AvgIpc) is 2.05. The van der Waals surface area contributed by atoms with Crippen LogP contribution in [0.1, 0.15) is 5.56 Å². The van der Waals surface area contributed by atoms with E-state index in [-0.39, 0.29) is 0 Å². The molecule has 0 spiro atoms. The van der Waals surface area contributed by atoms with Crippen molar-refractivity contribution in [1.29, 1.82) is 0 Å². The van der Waals surface area contributed by atoms with Crippen molar-refractivity contribution in [2.75, 3.05) is 0 Å². The number of nitrogens with zero attached hydrogens (tertiary/aromatic N) is 1. The van der Waals surface area contributed by atoms with Gasteiger partial charge in [0, 0.05) is 3.77 Å². The highest BCUT2D eigenvalue weighted by Crippen LogP contribution is 2.11. The molecule has 0 saturated carbocycles. The Hall–Kier alpha value is -0.450. The van der Waals surface area contributed by atoms with E-state index in [4.69, 9.17) is 0 Å². The molecular weight excluding hydrogens is 178 g/mol. The zero-order valence-corrected chi connectivity index (χ0v) is 7.61. The Morgan fingerprint density at radius 3 is 2.36 bits per heavy atom. The second kappa shape index (κ2) is 3.80. The van der Waals surface area contributed by atoms with Gasteiger partial charge in [-0.25, -0.2) is 0 Å². The van der Waals surface area contributed by atoms with Crippen LogP contribution in [0, 0.1) is 6.92 Å². The first kappa shape index (κ1) is 8.64. The third-order valence-electron chi connectivity index (χ3n) is 1.29. The van der Waals surface area contributed by atoms with Crippen molar-refractivity contribution < 1.29 is 4.55 Å². The van der Waals surface area contributed by atoms with Gasteiger partial charge in [0.25, 0.3) is 0 Å². The number of rotatable bonds is 2. The summed E-state index contributed by atoms with van der Waals surface area (Å²) in [7, 11) is 0. The summed E-state index contributed by atoms with van der Waals surface area (Å²) in [6.07, 6.45) is 0. The fourth-order valence-electron chi connectivity index (χ4n) is 0.698. The van der Waals surface area contributed by atoms with Crippen molar-refractivity contribution in [1.82, 2.24) is 0 Å². The summed E-state index contributed by atoms with van der Waals surface area (Å²) < 4.78 is 14.2. The predicted molar refractivity (Wildman–Crippen MR) is 47.4 cm³/mol. The van der Waals surface area contributed by atoms with Gasteiger partial charge in [0.2, 0.25) is 0 Å². The van der Waals surface area contributed by atoms with E-state index in [2.05, 4.69) is 16.2 Å². The molecule has 0 radical (unpaired) electrons. The van der Waals surface area contributed by atoms with E-state index < -0.39 is 11.4 Å². The van der Waals surface area contributed by atoms with Crippen molar-refractivity contribution in [2.45, 2.75) is 11.8 Å². The van der Waals surface area contributed by atoms with Gasteiger partial charge in [-0.2, -0.15) is 0 Å². The molecule has 0 saturated heterocycles. The Kier molecular flexibility index (Phi) is 2.99. The monoisotopic (exact) mass is 185 g/mol. The SMILES string of the molecule is Cc1ccc([S+]([O-])N=S)cc1. The summed E-state index contributed by atoms with van der Waals surface area (Å²) in [6.45, 7) is 1.97. The molecule has 1 aromatic carbocycles. The minimum atomic E-state index is -1.36. The lowest BCUT2D eigenvalue weighted by atomic mass is 10.2. The normalized spacial score (nSPS) is 12.5. The third kappa shape index (κ3) is 2.25. The van der Waals surface area contributed by atoms with E-state index in [9.17, 15) is 4.55 Å². The Bertz CT molecular complexity index is 247. The van der Waals surface area contributed by atoms with E-state index in [0.717, 1.165) is 5.56 Å². The molecule has 11 heavy (non-hydrogen) atoms. The van der Waals surface area contributed by atoms with Crippen molar-refractivity contribution in [3.8, 4) is 0 Å². The van der Waals surface area contributed by atoms with Crippen LogP contribution < -0.4 is 0 Å². The Balaban J connectivity index is 2.89. The molecule has 0 amide bonds. The largest absolute Gasteiger partial charge is 0.585 e.